The number of nitrogens with zero attached hydrogens (tertiary/aromatic N) is 3. The van der Waals surface area contributed by atoms with Crippen molar-refractivity contribution in [2.24, 2.45) is 0 Å². The number of aryl methyl sites for hydroxylation is 1. The lowest BCUT2D eigenvalue weighted by Gasteiger charge is -2.11. The maximum absolute atomic E-state index is 12.2. The van der Waals surface area contributed by atoms with E-state index in [9.17, 15) is 19.6 Å². The number of amides is 3. The summed E-state index contributed by atoms with van der Waals surface area (Å²) in [7, 11) is 0. The SMILES string of the molecule is C=CCNC(=O)NC(=O)Cn1nc(CC)c(CC)c(C#N)c1=O. The summed E-state index contributed by atoms with van der Waals surface area (Å²) in [4.78, 5) is 35.4. The number of nitrogens with one attached hydrogen (secondary N) is 2. The van der Waals surface area contributed by atoms with E-state index in [1.54, 1.807) is 0 Å². The van der Waals surface area contributed by atoms with Gasteiger partial charge in [0.1, 0.15) is 18.2 Å². The Balaban J connectivity index is 3.03. The number of nitriles is 1. The molecular weight excluding hydrogens is 298 g/mol. The number of hydrogen-bond donors (Lipinski definition) is 2. The van der Waals surface area contributed by atoms with Crippen molar-refractivity contribution in [3.63, 3.8) is 0 Å². The number of rotatable bonds is 6. The molecule has 1 aromatic rings. The summed E-state index contributed by atoms with van der Waals surface area (Å²) in [5.74, 6) is -0.698. The fraction of sp³-hybridized carbons (Fsp3) is 0.400. The second-order valence-electron chi connectivity index (χ2n) is 4.63. The lowest BCUT2D eigenvalue weighted by Crippen LogP contribution is -2.43. The average Bonchev–Trinajstić information content (AvgIpc) is 2.53. The molecule has 1 rings (SSSR count). The lowest BCUT2D eigenvalue weighted by molar-refractivity contribution is -0.120. The molecule has 0 radical (unpaired) electrons. The van der Waals surface area contributed by atoms with Gasteiger partial charge in [0.25, 0.3) is 5.56 Å². The molecule has 1 heterocycles. The van der Waals surface area contributed by atoms with Gasteiger partial charge in [-0.2, -0.15) is 10.4 Å². The Morgan fingerprint density at radius 2 is 2.09 bits per heavy atom. The number of carbonyl (C=O) groups excluding carboxylic acids is 2. The maximum atomic E-state index is 12.2. The van der Waals surface area contributed by atoms with Crippen molar-refractivity contribution in [1.29, 1.82) is 5.26 Å². The van der Waals surface area contributed by atoms with E-state index in [-0.39, 0.29) is 12.1 Å². The fourth-order valence-corrected chi connectivity index (χ4v) is 2.05. The molecule has 23 heavy (non-hydrogen) atoms. The third kappa shape index (κ3) is 4.51. The highest BCUT2D eigenvalue weighted by molar-refractivity contribution is 5.94. The quantitative estimate of drug-likeness (QED) is 0.729. The van der Waals surface area contributed by atoms with Crippen LogP contribution in [-0.4, -0.2) is 28.3 Å². The molecular formula is C15H19N5O3. The zero-order chi connectivity index (χ0) is 17.4. The fourth-order valence-electron chi connectivity index (χ4n) is 2.05. The first-order chi connectivity index (χ1) is 11.0. The van der Waals surface area contributed by atoms with Crippen molar-refractivity contribution in [2.75, 3.05) is 6.54 Å². The van der Waals surface area contributed by atoms with Crippen LogP contribution in [0.3, 0.4) is 0 Å². The van der Waals surface area contributed by atoms with Crippen LogP contribution < -0.4 is 16.2 Å². The molecule has 1 aromatic heterocycles. The van der Waals surface area contributed by atoms with Crippen molar-refractivity contribution in [1.82, 2.24) is 20.4 Å². The van der Waals surface area contributed by atoms with Gasteiger partial charge in [-0.25, -0.2) is 9.48 Å². The summed E-state index contributed by atoms with van der Waals surface area (Å²) in [6.07, 6.45) is 2.50. The predicted octanol–water partition coefficient (Wildman–Crippen LogP) is 0.252. The van der Waals surface area contributed by atoms with Crippen LogP contribution >= 0.6 is 0 Å². The molecule has 0 aliphatic rings. The molecule has 0 aliphatic heterocycles. The van der Waals surface area contributed by atoms with Gasteiger partial charge in [0.2, 0.25) is 5.91 Å². The topological polar surface area (TPSA) is 117 Å². The van der Waals surface area contributed by atoms with Gasteiger partial charge in [0.15, 0.2) is 0 Å². The van der Waals surface area contributed by atoms with Crippen LogP contribution in [0.15, 0.2) is 17.4 Å². The summed E-state index contributed by atoms with van der Waals surface area (Å²) >= 11 is 0. The molecule has 0 spiro atoms. The second-order valence-corrected chi connectivity index (χ2v) is 4.63. The minimum Gasteiger partial charge on any atom is -0.334 e. The van der Waals surface area contributed by atoms with Crippen molar-refractivity contribution < 1.29 is 9.59 Å². The minimum absolute atomic E-state index is 0.0109. The van der Waals surface area contributed by atoms with E-state index in [1.165, 1.54) is 6.08 Å². The van der Waals surface area contributed by atoms with E-state index in [0.717, 1.165) is 4.68 Å². The van der Waals surface area contributed by atoms with Gasteiger partial charge in [-0.3, -0.25) is 14.9 Å². The van der Waals surface area contributed by atoms with Crippen molar-refractivity contribution in [3.05, 3.63) is 39.8 Å². The zero-order valence-corrected chi connectivity index (χ0v) is 13.2. The smallest absolute Gasteiger partial charge is 0.321 e. The molecule has 0 atom stereocenters. The molecule has 8 nitrogen and oxygen atoms in total. The summed E-state index contributed by atoms with van der Waals surface area (Å²) in [5, 5.41) is 17.8. The summed E-state index contributed by atoms with van der Waals surface area (Å²) in [6, 6.07) is 1.19. The van der Waals surface area contributed by atoms with E-state index in [1.807, 2.05) is 19.9 Å². The highest BCUT2D eigenvalue weighted by Crippen LogP contribution is 2.09. The molecule has 0 aromatic carbocycles. The maximum Gasteiger partial charge on any atom is 0.321 e. The number of carbonyl (C=O) groups is 2. The molecule has 0 fully saturated rings. The van der Waals surface area contributed by atoms with E-state index in [0.29, 0.717) is 24.1 Å². The van der Waals surface area contributed by atoms with Crippen molar-refractivity contribution >= 4 is 11.9 Å². The third-order valence-electron chi connectivity index (χ3n) is 3.09. The highest BCUT2D eigenvalue weighted by Gasteiger charge is 2.17. The van der Waals surface area contributed by atoms with Gasteiger partial charge in [0.05, 0.1) is 5.69 Å². The largest absolute Gasteiger partial charge is 0.334 e. The first-order valence-electron chi connectivity index (χ1n) is 7.19. The van der Waals surface area contributed by atoms with Crippen LogP contribution in [0.1, 0.15) is 30.7 Å². The average molecular weight is 317 g/mol. The van der Waals surface area contributed by atoms with Crippen LogP contribution in [0.2, 0.25) is 0 Å². The van der Waals surface area contributed by atoms with Crippen LogP contribution in [0.25, 0.3) is 0 Å². The molecule has 0 saturated carbocycles. The Bertz CT molecular complexity index is 715. The minimum atomic E-state index is -0.698. The number of urea groups is 1. The highest BCUT2D eigenvalue weighted by atomic mass is 16.2. The van der Waals surface area contributed by atoms with Gasteiger partial charge in [-0.15, -0.1) is 6.58 Å². The Morgan fingerprint density at radius 3 is 2.61 bits per heavy atom. The van der Waals surface area contributed by atoms with Gasteiger partial charge in [0, 0.05) is 6.54 Å². The summed E-state index contributed by atoms with van der Waals surface area (Å²) in [6.45, 7) is 6.88. The molecule has 0 aliphatic carbocycles. The Hall–Kier alpha value is -2.95. The first kappa shape index (κ1) is 18.1. The van der Waals surface area contributed by atoms with Gasteiger partial charge < -0.3 is 5.32 Å². The monoisotopic (exact) mass is 317 g/mol. The van der Waals surface area contributed by atoms with E-state index in [2.05, 4.69) is 22.3 Å². The third-order valence-corrected chi connectivity index (χ3v) is 3.09. The van der Waals surface area contributed by atoms with Gasteiger partial charge in [-0.1, -0.05) is 19.9 Å². The van der Waals surface area contributed by atoms with E-state index in [4.69, 9.17) is 0 Å². The zero-order valence-electron chi connectivity index (χ0n) is 13.2. The predicted molar refractivity (Wildman–Crippen MR) is 83.7 cm³/mol. The molecule has 3 amide bonds. The van der Waals surface area contributed by atoms with Gasteiger partial charge in [-0.05, 0) is 18.4 Å². The first-order valence-corrected chi connectivity index (χ1v) is 7.19. The Kier molecular flexibility index (Phi) is 6.68. The number of aromatic nitrogens is 2. The molecule has 2 N–H and O–H groups in total. The van der Waals surface area contributed by atoms with Crippen LogP contribution in [0, 0.1) is 11.3 Å². The Morgan fingerprint density at radius 1 is 1.39 bits per heavy atom. The van der Waals surface area contributed by atoms with Crippen molar-refractivity contribution in [2.45, 2.75) is 33.2 Å². The van der Waals surface area contributed by atoms with Crippen LogP contribution in [0.5, 0.6) is 0 Å². The molecule has 122 valence electrons. The molecule has 8 heteroatoms. The number of hydrogen-bond acceptors (Lipinski definition) is 5. The summed E-state index contributed by atoms with van der Waals surface area (Å²) in [5.41, 5.74) is 0.541. The van der Waals surface area contributed by atoms with Gasteiger partial charge >= 0.3 is 6.03 Å². The van der Waals surface area contributed by atoms with Crippen LogP contribution in [0.4, 0.5) is 4.79 Å². The standard InChI is InChI=1S/C15H19N5O3/c1-4-7-17-15(23)18-13(21)9-20-14(22)11(8-16)10(5-2)12(6-3)19-20/h4H,1,5-7,9H2,2-3H3,(H2,17,18,21,23). The van der Waals surface area contributed by atoms with Crippen molar-refractivity contribution in [3.8, 4) is 6.07 Å². The lowest BCUT2D eigenvalue weighted by atomic mass is 10.0. The normalized spacial score (nSPS) is 9.78. The summed E-state index contributed by atoms with van der Waals surface area (Å²) < 4.78 is 0.909. The van der Waals surface area contributed by atoms with Crippen LogP contribution in [-0.2, 0) is 24.2 Å². The van der Waals surface area contributed by atoms with E-state index < -0.39 is 24.0 Å². The Labute approximate surface area is 133 Å². The number of imide groups is 1. The van der Waals surface area contributed by atoms with E-state index >= 15 is 0 Å². The molecule has 0 bridgehead atoms. The second kappa shape index (κ2) is 8.48. The molecule has 0 saturated heterocycles. The molecule has 0 unspecified atom stereocenters.